The third kappa shape index (κ3) is 3.20. The second-order valence-corrected chi connectivity index (χ2v) is 5.95. The predicted molar refractivity (Wildman–Crippen MR) is 80.6 cm³/mol. The molecule has 0 bridgehead atoms. The van der Waals surface area contributed by atoms with Gasteiger partial charge in [-0.25, -0.2) is 4.39 Å². The van der Waals surface area contributed by atoms with Gasteiger partial charge in [0.05, 0.1) is 5.60 Å². The van der Waals surface area contributed by atoms with E-state index in [1.807, 2.05) is 32.0 Å². The molecule has 1 unspecified atom stereocenters. The van der Waals surface area contributed by atoms with Gasteiger partial charge < -0.3 is 5.11 Å². The summed E-state index contributed by atoms with van der Waals surface area (Å²) in [7, 11) is 0. The van der Waals surface area contributed by atoms with Crippen LogP contribution in [-0.2, 0) is 12.0 Å². The van der Waals surface area contributed by atoms with Crippen LogP contribution in [0.4, 0.5) is 4.39 Å². The Balaban J connectivity index is 2.37. The summed E-state index contributed by atoms with van der Waals surface area (Å²) in [5, 5.41) is 11.3. The third-order valence-electron chi connectivity index (χ3n) is 3.43. The average Bonchev–Trinajstić information content (AvgIpc) is 2.30. The maximum absolute atomic E-state index is 14.2. The highest BCUT2D eigenvalue weighted by Crippen LogP contribution is 2.31. The van der Waals surface area contributed by atoms with Gasteiger partial charge in [-0.05, 0) is 55.7 Å². The second kappa shape index (κ2) is 5.55. The quantitative estimate of drug-likeness (QED) is 0.880. The molecule has 0 aliphatic rings. The van der Waals surface area contributed by atoms with Crippen LogP contribution in [0.5, 0.6) is 0 Å². The van der Waals surface area contributed by atoms with Crippen molar-refractivity contribution >= 4 is 11.6 Å². The second-order valence-electron chi connectivity index (χ2n) is 5.52. The maximum Gasteiger partial charge on any atom is 0.129 e. The topological polar surface area (TPSA) is 20.2 Å². The summed E-state index contributed by atoms with van der Waals surface area (Å²) in [6, 6.07) is 10.6. The van der Waals surface area contributed by atoms with Gasteiger partial charge >= 0.3 is 0 Å². The zero-order chi connectivity index (χ0) is 14.9. The van der Waals surface area contributed by atoms with Crippen LogP contribution in [0.25, 0.3) is 0 Å². The molecular formula is C17H18ClFO. The Morgan fingerprint density at radius 2 is 1.75 bits per heavy atom. The number of aliphatic hydroxyl groups is 1. The van der Waals surface area contributed by atoms with E-state index in [0.717, 1.165) is 16.7 Å². The van der Waals surface area contributed by atoms with Crippen molar-refractivity contribution in [2.45, 2.75) is 32.8 Å². The van der Waals surface area contributed by atoms with Crippen LogP contribution in [0.3, 0.4) is 0 Å². The van der Waals surface area contributed by atoms with Crippen LogP contribution in [0, 0.1) is 19.7 Å². The summed E-state index contributed by atoms with van der Waals surface area (Å²) in [6.07, 6.45) is 0.338. The average molecular weight is 293 g/mol. The van der Waals surface area contributed by atoms with Crippen LogP contribution < -0.4 is 0 Å². The third-order valence-corrected chi connectivity index (χ3v) is 3.68. The lowest BCUT2D eigenvalue weighted by atomic mass is 9.85. The zero-order valence-electron chi connectivity index (χ0n) is 11.9. The summed E-state index contributed by atoms with van der Waals surface area (Å²) in [6.45, 7) is 5.30. The fourth-order valence-electron chi connectivity index (χ4n) is 2.69. The van der Waals surface area contributed by atoms with E-state index in [1.165, 1.54) is 6.07 Å². The standard InChI is InChI=1S/C17H18ClFO/c1-11-8-12(2)16(15(19)9-11)17(3,20)10-13-4-6-14(18)7-5-13/h4-9,20H,10H2,1-3H3. The number of aryl methyl sites for hydroxylation is 2. The minimum Gasteiger partial charge on any atom is -0.385 e. The smallest absolute Gasteiger partial charge is 0.129 e. The van der Waals surface area contributed by atoms with E-state index in [4.69, 9.17) is 11.6 Å². The highest BCUT2D eigenvalue weighted by molar-refractivity contribution is 6.30. The highest BCUT2D eigenvalue weighted by atomic mass is 35.5. The Kier molecular flexibility index (Phi) is 4.17. The first-order chi connectivity index (χ1) is 9.29. The molecule has 1 nitrogen and oxygen atoms in total. The van der Waals surface area contributed by atoms with Crippen LogP contribution in [0.2, 0.25) is 5.02 Å². The van der Waals surface area contributed by atoms with Crippen molar-refractivity contribution < 1.29 is 9.50 Å². The van der Waals surface area contributed by atoms with Crippen LogP contribution in [0.15, 0.2) is 36.4 Å². The normalized spacial score (nSPS) is 14.1. The van der Waals surface area contributed by atoms with Crippen molar-refractivity contribution in [3.63, 3.8) is 0 Å². The summed E-state index contributed by atoms with van der Waals surface area (Å²) in [5.41, 5.74) is 1.64. The van der Waals surface area contributed by atoms with E-state index >= 15 is 0 Å². The molecule has 0 heterocycles. The van der Waals surface area contributed by atoms with E-state index in [0.29, 0.717) is 17.0 Å². The van der Waals surface area contributed by atoms with Gasteiger partial charge in [-0.2, -0.15) is 0 Å². The van der Waals surface area contributed by atoms with Gasteiger partial charge in [0.25, 0.3) is 0 Å². The Bertz CT molecular complexity index is 594. The summed E-state index contributed by atoms with van der Waals surface area (Å²) < 4.78 is 14.2. The van der Waals surface area contributed by atoms with E-state index in [1.54, 1.807) is 19.1 Å². The van der Waals surface area contributed by atoms with Gasteiger partial charge in [0.15, 0.2) is 0 Å². The monoisotopic (exact) mass is 292 g/mol. The minimum atomic E-state index is -1.25. The van der Waals surface area contributed by atoms with Crippen LogP contribution in [0.1, 0.15) is 29.2 Å². The van der Waals surface area contributed by atoms with Crippen molar-refractivity contribution in [1.29, 1.82) is 0 Å². The summed E-state index contributed by atoms with van der Waals surface area (Å²) >= 11 is 5.85. The molecule has 3 heteroatoms. The van der Waals surface area contributed by atoms with Gasteiger partial charge in [0.1, 0.15) is 5.82 Å². The van der Waals surface area contributed by atoms with Crippen molar-refractivity contribution in [1.82, 2.24) is 0 Å². The fourth-order valence-corrected chi connectivity index (χ4v) is 2.81. The molecule has 0 fully saturated rings. The lowest BCUT2D eigenvalue weighted by molar-refractivity contribution is 0.0531. The van der Waals surface area contributed by atoms with Crippen molar-refractivity contribution in [2.75, 3.05) is 0 Å². The maximum atomic E-state index is 14.2. The van der Waals surface area contributed by atoms with E-state index < -0.39 is 5.60 Å². The molecule has 0 amide bonds. The predicted octanol–water partition coefficient (Wildman–Crippen LogP) is 4.55. The van der Waals surface area contributed by atoms with Gasteiger partial charge in [-0.1, -0.05) is 29.8 Å². The Hall–Kier alpha value is -1.38. The molecular weight excluding hydrogens is 275 g/mol. The molecule has 0 saturated carbocycles. The molecule has 1 N–H and O–H groups in total. The highest BCUT2D eigenvalue weighted by Gasteiger charge is 2.29. The fraction of sp³-hybridized carbons (Fsp3) is 0.294. The number of halogens is 2. The first-order valence-corrected chi connectivity index (χ1v) is 6.91. The van der Waals surface area contributed by atoms with Crippen molar-refractivity contribution in [3.05, 3.63) is 69.5 Å². The molecule has 0 aromatic heterocycles. The van der Waals surface area contributed by atoms with E-state index in [9.17, 15) is 9.50 Å². The lowest BCUT2D eigenvalue weighted by Crippen LogP contribution is -2.27. The molecule has 0 saturated heterocycles. The van der Waals surface area contributed by atoms with Gasteiger partial charge in [-0.3, -0.25) is 0 Å². The van der Waals surface area contributed by atoms with Gasteiger partial charge in [0.2, 0.25) is 0 Å². The molecule has 1 atom stereocenters. The number of benzene rings is 2. The molecule has 2 aromatic carbocycles. The summed E-state index contributed by atoms with van der Waals surface area (Å²) in [4.78, 5) is 0. The summed E-state index contributed by atoms with van der Waals surface area (Å²) in [5.74, 6) is -0.360. The zero-order valence-corrected chi connectivity index (χ0v) is 12.6. The van der Waals surface area contributed by atoms with Gasteiger partial charge in [-0.15, -0.1) is 0 Å². The largest absolute Gasteiger partial charge is 0.385 e. The molecule has 0 aliphatic carbocycles. The molecule has 0 spiro atoms. The Morgan fingerprint density at radius 3 is 2.30 bits per heavy atom. The molecule has 20 heavy (non-hydrogen) atoms. The molecule has 0 radical (unpaired) electrons. The lowest BCUT2D eigenvalue weighted by Gasteiger charge is -2.26. The Labute approximate surface area is 124 Å². The number of rotatable bonds is 3. The number of hydrogen-bond acceptors (Lipinski definition) is 1. The van der Waals surface area contributed by atoms with Crippen molar-refractivity contribution in [2.24, 2.45) is 0 Å². The molecule has 0 aliphatic heterocycles. The Morgan fingerprint density at radius 1 is 1.15 bits per heavy atom. The first-order valence-electron chi connectivity index (χ1n) is 6.53. The molecule has 106 valence electrons. The molecule has 2 aromatic rings. The molecule has 2 rings (SSSR count). The van der Waals surface area contributed by atoms with Crippen LogP contribution >= 0.6 is 11.6 Å². The van der Waals surface area contributed by atoms with Crippen molar-refractivity contribution in [3.8, 4) is 0 Å². The SMILES string of the molecule is Cc1cc(C)c(C(C)(O)Cc2ccc(Cl)cc2)c(F)c1. The first kappa shape index (κ1) is 15.0. The minimum absolute atomic E-state index is 0.338. The van der Waals surface area contributed by atoms with E-state index in [-0.39, 0.29) is 5.82 Å². The van der Waals surface area contributed by atoms with E-state index in [2.05, 4.69) is 0 Å². The number of hydrogen-bond donors (Lipinski definition) is 1. The van der Waals surface area contributed by atoms with Gasteiger partial charge in [0, 0.05) is 17.0 Å². The van der Waals surface area contributed by atoms with Crippen LogP contribution in [-0.4, -0.2) is 5.11 Å².